The molecular weight excluding hydrogens is 368 g/mol. The van der Waals surface area contributed by atoms with Crippen molar-refractivity contribution in [3.8, 4) is 11.5 Å². The van der Waals surface area contributed by atoms with Crippen molar-refractivity contribution in [1.82, 2.24) is 10.2 Å². The molecule has 0 aromatic heterocycles. The van der Waals surface area contributed by atoms with Crippen LogP contribution in [0.5, 0.6) is 11.5 Å². The predicted octanol–water partition coefficient (Wildman–Crippen LogP) is 3.43. The Morgan fingerprint density at radius 1 is 1.03 bits per heavy atom. The average Bonchev–Trinajstić information content (AvgIpc) is 2.77. The van der Waals surface area contributed by atoms with Crippen molar-refractivity contribution in [3.63, 3.8) is 0 Å². The normalized spacial score (nSPS) is 16.2. The van der Waals surface area contributed by atoms with Crippen LogP contribution >= 0.6 is 0 Å². The van der Waals surface area contributed by atoms with Gasteiger partial charge < -0.3 is 15.0 Å². The van der Waals surface area contributed by atoms with Gasteiger partial charge in [0.1, 0.15) is 11.5 Å². The molecule has 0 unspecified atom stereocenters. The Morgan fingerprint density at radius 3 is 2.41 bits per heavy atom. The number of nitrogens with zero attached hydrogens (tertiary/aromatic N) is 1. The van der Waals surface area contributed by atoms with Crippen LogP contribution in [0.3, 0.4) is 0 Å². The largest absolute Gasteiger partial charge is 0.457 e. The van der Waals surface area contributed by atoms with Crippen LogP contribution in [-0.2, 0) is 9.59 Å². The smallest absolute Gasteiger partial charge is 0.311 e. The zero-order valence-corrected chi connectivity index (χ0v) is 16.6. The molecule has 6 nitrogen and oxygen atoms in total. The molecule has 1 fully saturated rings. The van der Waals surface area contributed by atoms with Gasteiger partial charge in [0.25, 0.3) is 0 Å². The Kier molecular flexibility index (Phi) is 7.00. The molecule has 2 amide bonds. The topological polar surface area (TPSA) is 75.7 Å². The maximum atomic E-state index is 12.9. The van der Waals surface area contributed by atoms with Gasteiger partial charge in [0.15, 0.2) is 5.78 Å². The number of hydrogen-bond donors (Lipinski definition) is 1. The van der Waals surface area contributed by atoms with Crippen LogP contribution in [0.1, 0.15) is 36.5 Å². The summed E-state index contributed by atoms with van der Waals surface area (Å²) in [5.74, 6) is -0.0737. The SMILES string of the molecule is CCCNC(=O)C(=O)N1CCC[C@@H](C(=O)c2ccc(Oc3ccccc3)cc2)C1. The average molecular weight is 394 g/mol. The summed E-state index contributed by atoms with van der Waals surface area (Å²) in [6, 6.07) is 16.5. The zero-order valence-electron chi connectivity index (χ0n) is 16.6. The molecule has 1 aliphatic rings. The highest BCUT2D eigenvalue weighted by molar-refractivity contribution is 6.35. The summed E-state index contributed by atoms with van der Waals surface area (Å²) in [4.78, 5) is 38.6. The fourth-order valence-corrected chi connectivity index (χ4v) is 3.38. The molecule has 29 heavy (non-hydrogen) atoms. The van der Waals surface area contributed by atoms with Crippen LogP contribution in [0.4, 0.5) is 0 Å². The van der Waals surface area contributed by atoms with E-state index in [0.717, 1.165) is 12.2 Å². The van der Waals surface area contributed by atoms with E-state index in [2.05, 4.69) is 5.32 Å². The van der Waals surface area contributed by atoms with Gasteiger partial charge in [-0.2, -0.15) is 0 Å². The summed E-state index contributed by atoms with van der Waals surface area (Å²) in [5, 5.41) is 2.60. The molecule has 1 saturated heterocycles. The van der Waals surface area contributed by atoms with Gasteiger partial charge in [0.2, 0.25) is 0 Å². The number of nitrogens with one attached hydrogen (secondary N) is 1. The van der Waals surface area contributed by atoms with Crippen LogP contribution in [0.2, 0.25) is 0 Å². The lowest BCUT2D eigenvalue weighted by Crippen LogP contribution is -2.48. The van der Waals surface area contributed by atoms with Crippen LogP contribution < -0.4 is 10.1 Å². The lowest BCUT2D eigenvalue weighted by molar-refractivity contribution is -0.146. The van der Waals surface area contributed by atoms with Crippen LogP contribution in [-0.4, -0.2) is 42.1 Å². The third-order valence-electron chi connectivity index (χ3n) is 4.93. The van der Waals surface area contributed by atoms with E-state index in [1.54, 1.807) is 24.3 Å². The first-order chi connectivity index (χ1) is 14.1. The molecule has 0 aliphatic carbocycles. The van der Waals surface area contributed by atoms with E-state index in [1.807, 2.05) is 37.3 Å². The number of ether oxygens (including phenoxy) is 1. The second-order valence-corrected chi connectivity index (χ2v) is 7.15. The number of hydrogen-bond acceptors (Lipinski definition) is 4. The van der Waals surface area contributed by atoms with Gasteiger partial charge in [0.05, 0.1) is 0 Å². The van der Waals surface area contributed by atoms with Gasteiger partial charge in [-0.15, -0.1) is 0 Å². The van der Waals surface area contributed by atoms with E-state index in [4.69, 9.17) is 4.74 Å². The molecule has 0 radical (unpaired) electrons. The van der Waals surface area contributed by atoms with Crippen molar-refractivity contribution in [3.05, 3.63) is 60.2 Å². The number of para-hydroxylation sites is 1. The first kappa shape index (κ1) is 20.6. The number of amides is 2. The second kappa shape index (κ2) is 9.87. The fraction of sp³-hybridized carbons (Fsp3) is 0.348. The van der Waals surface area contributed by atoms with E-state index in [1.165, 1.54) is 4.90 Å². The number of carbonyl (C=O) groups is 3. The number of ketones is 1. The molecule has 0 bridgehead atoms. The number of likely N-dealkylation sites (tertiary alicyclic amines) is 1. The molecule has 1 N–H and O–H groups in total. The van der Waals surface area contributed by atoms with Crippen molar-refractivity contribution in [2.75, 3.05) is 19.6 Å². The van der Waals surface area contributed by atoms with Crippen molar-refractivity contribution >= 4 is 17.6 Å². The van der Waals surface area contributed by atoms with E-state index < -0.39 is 11.8 Å². The maximum Gasteiger partial charge on any atom is 0.311 e. The van der Waals surface area contributed by atoms with Crippen molar-refractivity contribution in [2.45, 2.75) is 26.2 Å². The summed E-state index contributed by atoms with van der Waals surface area (Å²) in [6.07, 6.45) is 2.18. The highest BCUT2D eigenvalue weighted by Gasteiger charge is 2.31. The van der Waals surface area contributed by atoms with Crippen molar-refractivity contribution < 1.29 is 19.1 Å². The lowest BCUT2D eigenvalue weighted by Gasteiger charge is -2.31. The number of Topliss-reactive ketones (excluding diaryl/α,β-unsaturated/α-hetero) is 1. The summed E-state index contributed by atoms with van der Waals surface area (Å²) >= 11 is 0. The summed E-state index contributed by atoms with van der Waals surface area (Å²) in [5.41, 5.74) is 0.583. The number of piperidine rings is 1. The predicted molar refractivity (Wildman–Crippen MR) is 110 cm³/mol. The monoisotopic (exact) mass is 394 g/mol. The van der Waals surface area contributed by atoms with E-state index >= 15 is 0 Å². The summed E-state index contributed by atoms with van der Waals surface area (Å²) < 4.78 is 5.76. The molecule has 6 heteroatoms. The standard InChI is InChI=1S/C23H26N2O4/c1-2-14-24-22(27)23(28)25-15-6-7-18(16-25)21(26)17-10-12-20(13-11-17)29-19-8-4-3-5-9-19/h3-5,8-13,18H,2,6-7,14-16H2,1H3,(H,24,27)/t18-/m1/s1. The Morgan fingerprint density at radius 2 is 1.72 bits per heavy atom. The molecule has 0 saturated carbocycles. The molecular formula is C23H26N2O4. The molecule has 1 aliphatic heterocycles. The molecule has 2 aromatic rings. The Balaban J connectivity index is 1.60. The molecule has 2 aromatic carbocycles. The van der Waals surface area contributed by atoms with E-state index in [-0.39, 0.29) is 18.2 Å². The third-order valence-corrected chi connectivity index (χ3v) is 4.93. The number of rotatable bonds is 6. The highest BCUT2D eigenvalue weighted by atomic mass is 16.5. The van der Waals surface area contributed by atoms with Crippen LogP contribution in [0, 0.1) is 5.92 Å². The fourth-order valence-electron chi connectivity index (χ4n) is 3.38. The summed E-state index contributed by atoms with van der Waals surface area (Å²) in [6.45, 7) is 3.18. The Labute approximate surface area is 170 Å². The van der Waals surface area contributed by atoms with Crippen molar-refractivity contribution in [2.24, 2.45) is 5.92 Å². The number of carbonyl (C=O) groups excluding carboxylic acids is 3. The minimum Gasteiger partial charge on any atom is -0.457 e. The lowest BCUT2D eigenvalue weighted by atomic mass is 9.90. The Hall–Kier alpha value is -3.15. The maximum absolute atomic E-state index is 12.9. The third kappa shape index (κ3) is 5.44. The number of benzene rings is 2. The molecule has 152 valence electrons. The molecule has 0 spiro atoms. The minimum atomic E-state index is -0.595. The Bertz CT molecular complexity index is 849. The van der Waals surface area contributed by atoms with E-state index in [0.29, 0.717) is 37.2 Å². The first-order valence-corrected chi connectivity index (χ1v) is 10.0. The second-order valence-electron chi connectivity index (χ2n) is 7.15. The molecule has 1 heterocycles. The van der Waals surface area contributed by atoms with Gasteiger partial charge in [0, 0.05) is 31.1 Å². The van der Waals surface area contributed by atoms with Crippen molar-refractivity contribution in [1.29, 1.82) is 0 Å². The van der Waals surface area contributed by atoms with E-state index in [9.17, 15) is 14.4 Å². The van der Waals surface area contributed by atoms with Gasteiger partial charge in [-0.05, 0) is 55.7 Å². The first-order valence-electron chi connectivity index (χ1n) is 10.0. The highest BCUT2D eigenvalue weighted by Crippen LogP contribution is 2.25. The zero-order chi connectivity index (χ0) is 20.6. The molecule has 1 atom stereocenters. The molecule has 3 rings (SSSR count). The summed E-state index contributed by atoms with van der Waals surface area (Å²) in [7, 11) is 0. The van der Waals surface area contributed by atoms with Gasteiger partial charge >= 0.3 is 11.8 Å². The minimum absolute atomic E-state index is 0.0114. The van der Waals surface area contributed by atoms with Crippen LogP contribution in [0.25, 0.3) is 0 Å². The van der Waals surface area contributed by atoms with Gasteiger partial charge in [-0.25, -0.2) is 0 Å². The quantitative estimate of drug-likeness (QED) is 0.602. The van der Waals surface area contributed by atoms with Crippen LogP contribution in [0.15, 0.2) is 54.6 Å². The van der Waals surface area contributed by atoms with Gasteiger partial charge in [-0.3, -0.25) is 14.4 Å². The van der Waals surface area contributed by atoms with Gasteiger partial charge in [-0.1, -0.05) is 25.1 Å².